The third-order valence-electron chi connectivity index (χ3n) is 6.40. The fraction of sp³-hybridized carbons (Fsp3) is 0.684. The van der Waals surface area contributed by atoms with E-state index in [0.717, 1.165) is 25.9 Å². The second kappa shape index (κ2) is 9.20. The highest BCUT2D eigenvalue weighted by molar-refractivity contribution is 5.88. The Morgan fingerprint density at radius 2 is 1.84 bits per heavy atom. The van der Waals surface area contributed by atoms with Gasteiger partial charge in [-0.2, -0.15) is 4.68 Å². The van der Waals surface area contributed by atoms with Gasteiger partial charge in [-0.25, -0.2) is 9.42 Å². The van der Waals surface area contributed by atoms with Gasteiger partial charge in [-0.3, -0.25) is 14.6 Å². The normalized spacial score (nSPS) is 19.7. The lowest BCUT2D eigenvalue weighted by Gasteiger charge is -2.48. The van der Waals surface area contributed by atoms with Gasteiger partial charge in [0.15, 0.2) is 5.69 Å². The van der Waals surface area contributed by atoms with Crippen LogP contribution in [-0.4, -0.2) is 85.3 Å². The lowest BCUT2D eigenvalue weighted by Crippen LogP contribution is -2.63. The molecule has 32 heavy (non-hydrogen) atoms. The highest BCUT2D eigenvalue weighted by Crippen LogP contribution is 2.32. The molecular weight excluding hydrogens is 418 g/mol. The number of carbonyl (C=O) groups is 2. The average Bonchev–Trinajstić information content (AvgIpc) is 3.40. The van der Waals surface area contributed by atoms with Crippen molar-refractivity contribution in [3.05, 3.63) is 11.4 Å². The first-order chi connectivity index (χ1) is 15.5. The maximum atomic E-state index is 12.5. The highest BCUT2D eigenvalue weighted by atomic mass is 16.6. The standard InChI is InChI=1S/C19H29N9O4/c1-2-31-17(29)14-13(28(25-22-14)16-15(20)23-32-24-16)12-26-10-6-19(7-11-26,18(21)30)27-8-4-3-5-9-27/h2-12H2,1H3,(H2,20,23)(H2,21,30). The van der Waals surface area contributed by atoms with Crippen LogP contribution < -0.4 is 11.5 Å². The van der Waals surface area contributed by atoms with Crippen LogP contribution in [0.15, 0.2) is 4.63 Å². The van der Waals surface area contributed by atoms with Crippen molar-refractivity contribution in [1.29, 1.82) is 0 Å². The van der Waals surface area contributed by atoms with Crippen molar-refractivity contribution in [1.82, 2.24) is 35.1 Å². The van der Waals surface area contributed by atoms with Gasteiger partial charge in [0.2, 0.25) is 17.5 Å². The number of hydrogen-bond acceptors (Lipinski definition) is 11. The van der Waals surface area contributed by atoms with Crippen molar-refractivity contribution in [2.45, 2.75) is 51.1 Å². The Bertz CT molecular complexity index is 958. The SMILES string of the molecule is CCOC(=O)c1nnn(-c2nonc2N)c1CN1CCC(C(N)=O)(N2CCCCC2)CC1. The Labute approximate surface area is 185 Å². The van der Waals surface area contributed by atoms with E-state index >= 15 is 0 Å². The molecule has 0 unspecified atom stereocenters. The number of nitrogen functional groups attached to an aromatic ring is 1. The fourth-order valence-electron chi connectivity index (χ4n) is 4.64. The van der Waals surface area contributed by atoms with Crippen molar-refractivity contribution in [3.8, 4) is 5.82 Å². The minimum atomic E-state index is -0.625. The van der Waals surface area contributed by atoms with E-state index in [1.54, 1.807) is 6.92 Å². The maximum Gasteiger partial charge on any atom is 0.360 e. The van der Waals surface area contributed by atoms with E-state index in [-0.39, 0.29) is 29.8 Å². The molecule has 2 aliphatic rings. The van der Waals surface area contributed by atoms with Gasteiger partial charge in [-0.05, 0) is 56.0 Å². The number of likely N-dealkylation sites (tertiary alicyclic amines) is 2. The van der Waals surface area contributed by atoms with Crippen molar-refractivity contribution in [2.75, 3.05) is 38.5 Å². The molecule has 0 aliphatic carbocycles. The lowest BCUT2D eigenvalue weighted by atomic mass is 9.83. The quantitative estimate of drug-likeness (QED) is 0.534. The molecule has 2 aromatic rings. The van der Waals surface area contributed by atoms with E-state index in [4.69, 9.17) is 16.2 Å². The van der Waals surface area contributed by atoms with Crippen LogP contribution in [0, 0.1) is 0 Å². The van der Waals surface area contributed by atoms with Crippen molar-refractivity contribution in [3.63, 3.8) is 0 Å². The number of aromatic nitrogens is 5. The van der Waals surface area contributed by atoms with Crippen LogP contribution in [-0.2, 0) is 16.1 Å². The summed E-state index contributed by atoms with van der Waals surface area (Å²) in [7, 11) is 0. The van der Waals surface area contributed by atoms with Crippen molar-refractivity contribution >= 4 is 17.7 Å². The van der Waals surface area contributed by atoms with Crippen LogP contribution in [0.4, 0.5) is 5.82 Å². The molecule has 0 radical (unpaired) electrons. The zero-order valence-corrected chi connectivity index (χ0v) is 18.2. The van der Waals surface area contributed by atoms with Gasteiger partial charge < -0.3 is 16.2 Å². The Kier molecular flexibility index (Phi) is 6.37. The van der Waals surface area contributed by atoms with Crippen LogP contribution in [0.2, 0.25) is 0 Å². The van der Waals surface area contributed by atoms with Gasteiger partial charge in [0.25, 0.3) is 0 Å². The Morgan fingerprint density at radius 1 is 1.12 bits per heavy atom. The summed E-state index contributed by atoms with van der Waals surface area (Å²) in [6.45, 7) is 5.30. The van der Waals surface area contributed by atoms with Gasteiger partial charge >= 0.3 is 5.97 Å². The molecule has 0 atom stereocenters. The average molecular weight is 448 g/mol. The fourth-order valence-corrected chi connectivity index (χ4v) is 4.64. The van der Waals surface area contributed by atoms with Gasteiger partial charge in [0.05, 0.1) is 12.3 Å². The maximum absolute atomic E-state index is 12.5. The number of primary amides is 1. The molecule has 13 nitrogen and oxygen atoms in total. The van der Waals surface area contributed by atoms with E-state index in [0.29, 0.717) is 38.2 Å². The summed E-state index contributed by atoms with van der Waals surface area (Å²) in [5, 5.41) is 15.4. The Hall–Kier alpha value is -3.06. The number of hydrogen-bond donors (Lipinski definition) is 2. The molecule has 0 saturated carbocycles. The lowest BCUT2D eigenvalue weighted by molar-refractivity contribution is -0.135. The van der Waals surface area contributed by atoms with Gasteiger partial charge in [-0.15, -0.1) is 5.10 Å². The van der Waals surface area contributed by atoms with E-state index in [1.165, 1.54) is 11.1 Å². The van der Waals surface area contributed by atoms with E-state index in [9.17, 15) is 9.59 Å². The van der Waals surface area contributed by atoms with Gasteiger partial charge in [-0.1, -0.05) is 11.6 Å². The van der Waals surface area contributed by atoms with Crippen molar-refractivity contribution in [2.24, 2.45) is 5.73 Å². The second-order valence-corrected chi connectivity index (χ2v) is 8.21. The molecule has 2 saturated heterocycles. The molecule has 4 N–H and O–H groups in total. The Balaban J connectivity index is 1.55. The van der Waals surface area contributed by atoms with Crippen LogP contribution >= 0.6 is 0 Å². The molecule has 13 heteroatoms. The van der Waals surface area contributed by atoms with E-state index < -0.39 is 11.5 Å². The third kappa shape index (κ3) is 4.05. The number of ether oxygens (including phenoxy) is 1. The number of piperidine rings is 2. The summed E-state index contributed by atoms with van der Waals surface area (Å²) in [6.07, 6.45) is 4.59. The third-order valence-corrected chi connectivity index (χ3v) is 6.40. The molecule has 4 rings (SSSR count). The number of rotatable bonds is 7. The predicted octanol–water partition coefficient (Wildman–Crippen LogP) is -0.285. The van der Waals surface area contributed by atoms with Gasteiger partial charge in [0, 0.05) is 19.6 Å². The molecule has 2 aliphatic heterocycles. The number of nitrogens with two attached hydrogens (primary N) is 2. The van der Waals surface area contributed by atoms with Crippen LogP contribution in [0.5, 0.6) is 0 Å². The monoisotopic (exact) mass is 447 g/mol. The molecule has 1 amide bonds. The van der Waals surface area contributed by atoms with E-state index in [2.05, 4.69) is 35.1 Å². The smallest absolute Gasteiger partial charge is 0.360 e. The highest BCUT2D eigenvalue weighted by Gasteiger charge is 2.45. The number of amides is 1. The molecule has 2 fully saturated rings. The van der Waals surface area contributed by atoms with Crippen LogP contribution in [0.25, 0.3) is 5.82 Å². The summed E-state index contributed by atoms with van der Waals surface area (Å²) in [6, 6.07) is 0. The molecule has 4 heterocycles. The summed E-state index contributed by atoms with van der Waals surface area (Å²) in [4.78, 5) is 29.3. The van der Waals surface area contributed by atoms with Gasteiger partial charge in [0.1, 0.15) is 5.54 Å². The largest absolute Gasteiger partial charge is 0.461 e. The molecule has 0 aromatic carbocycles. The Morgan fingerprint density at radius 3 is 2.44 bits per heavy atom. The summed E-state index contributed by atoms with van der Waals surface area (Å²) in [5.74, 6) is -0.664. The number of carbonyl (C=O) groups excluding carboxylic acids is 2. The molecule has 0 spiro atoms. The molecular formula is C19H29N9O4. The zero-order chi connectivity index (χ0) is 22.7. The summed E-state index contributed by atoms with van der Waals surface area (Å²) >= 11 is 0. The second-order valence-electron chi connectivity index (χ2n) is 8.21. The van der Waals surface area contributed by atoms with Crippen LogP contribution in [0.3, 0.4) is 0 Å². The number of anilines is 1. The first-order valence-electron chi connectivity index (χ1n) is 10.9. The number of esters is 1. The van der Waals surface area contributed by atoms with E-state index in [1.807, 2.05) is 0 Å². The minimum absolute atomic E-state index is 0.0306. The first kappa shape index (κ1) is 22.1. The zero-order valence-electron chi connectivity index (χ0n) is 18.2. The minimum Gasteiger partial charge on any atom is -0.461 e. The molecule has 2 aromatic heterocycles. The first-order valence-corrected chi connectivity index (χ1v) is 10.9. The summed E-state index contributed by atoms with van der Waals surface area (Å²) in [5.41, 5.74) is 11.6. The molecule has 0 bridgehead atoms. The summed E-state index contributed by atoms with van der Waals surface area (Å²) < 4.78 is 11.2. The topological polar surface area (TPSA) is 172 Å². The molecule has 174 valence electrons. The number of nitrogens with zero attached hydrogens (tertiary/aromatic N) is 7. The van der Waals surface area contributed by atoms with Crippen molar-refractivity contribution < 1.29 is 19.0 Å². The van der Waals surface area contributed by atoms with Crippen LogP contribution in [0.1, 0.15) is 55.2 Å². The predicted molar refractivity (Wildman–Crippen MR) is 111 cm³/mol.